The second kappa shape index (κ2) is 5.96. The molecule has 0 aliphatic rings. The third kappa shape index (κ3) is 2.85. The molecule has 0 aliphatic carbocycles. The van der Waals surface area contributed by atoms with Gasteiger partial charge in [-0.3, -0.25) is 4.98 Å². The maximum Gasteiger partial charge on any atom is 0.0597 e. The van der Waals surface area contributed by atoms with Crippen molar-refractivity contribution in [2.75, 3.05) is 11.9 Å². The number of rotatable bonds is 5. The van der Waals surface area contributed by atoms with E-state index < -0.39 is 0 Å². The van der Waals surface area contributed by atoms with Gasteiger partial charge in [0.25, 0.3) is 0 Å². The van der Waals surface area contributed by atoms with Crippen LogP contribution >= 0.6 is 11.6 Å². The molecule has 84 valence electrons. The lowest BCUT2D eigenvalue weighted by Crippen LogP contribution is -2.31. The Hall–Kier alpha value is -0.760. The van der Waals surface area contributed by atoms with E-state index in [1.165, 1.54) is 0 Å². The highest BCUT2D eigenvalue weighted by Gasteiger charge is 2.13. The molecule has 0 saturated carbocycles. The average Bonchev–Trinajstić information content (AvgIpc) is 2.30. The van der Waals surface area contributed by atoms with Gasteiger partial charge in [-0.15, -0.1) is 11.6 Å². The van der Waals surface area contributed by atoms with Crippen LogP contribution in [0.4, 0.5) is 5.69 Å². The second-order valence-electron chi connectivity index (χ2n) is 3.72. The van der Waals surface area contributed by atoms with Crippen LogP contribution in [0.3, 0.4) is 0 Å². The number of nitrogens with zero attached hydrogens (tertiary/aromatic N) is 2. The zero-order valence-corrected chi connectivity index (χ0v) is 10.5. The molecule has 0 unspecified atom stereocenters. The number of alkyl halides is 1. The van der Waals surface area contributed by atoms with Crippen molar-refractivity contribution in [1.29, 1.82) is 0 Å². The summed E-state index contributed by atoms with van der Waals surface area (Å²) in [5, 5.41) is 0. The van der Waals surface area contributed by atoms with E-state index in [0.29, 0.717) is 11.9 Å². The molecule has 3 heteroatoms. The first-order valence-electron chi connectivity index (χ1n) is 5.46. The number of aromatic nitrogens is 1. The summed E-state index contributed by atoms with van der Waals surface area (Å²) in [5.41, 5.74) is 2.31. The Bertz CT molecular complexity index is 297. The summed E-state index contributed by atoms with van der Waals surface area (Å²) in [5.74, 6) is 0.544. The van der Waals surface area contributed by atoms with E-state index in [2.05, 4.69) is 30.8 Å². The molecule has 1 heterocycles. The van der Waals surface area contributed by atoms with E-state index in [1.807, 2.05) is 12.3 Å². The minimum atomic E-state index is 0.544. The smallest absolute Gasteiger partial charge is 0.0597 e. The van der Waals surface area contributed by atoms with Gasteiger partial charge in [0.15, 0.2) is 0 Å². The van der Waals surface area contributed by atoms with Crippen LogP contribution in [0.15, 0.2) is 18.5 Å². The highest BCUT2D eigenvalue weighted by molar-refractivity contribution is 6.17. The van der Waals surface area contributed by atoms with Crippen LogP contribution in [0, 0.1) is 0 Å². The topological polar surface area (TPSA) is 16.1 Å². The van der Waals surface area contributed by atoms with Crippen molar-refractivity contribution < 1.29 is 0 Å². The fourth-order valence-corrected chi connectivity index (χ4v) is 2.10. The van der Waals surface area contributed by atoms with E-state index in [1.54, 1.807) is 6.20 Å². The number of hydrogen-bond acceptors (Lipinski definition) is 2. The van der Waals surface area contributed by atoms with E-state index in [-0.39, 0.29) is 0 Å². The van der Waals surface area contributed by atoms with E-state index in [0.717, 1.165) is 24.1 Å². The Morgan fingerprint density at radius 1 is 1.40 bits per heavy atom. The lowest BCUT2D eigenvalue weighted by atomic mass is 10.1. The summed E-state index contributed by atoms with van der Waals surface area (Å²) in [6, 6.07) is 2.55. The molecule has 0 atom stereocenters. The quantitative estimate of drug-likeness (QED) is 0.715. The van der Waals surface area contributed by atoms with Crippen LogP contribution in [-0.2, 0) is 5.88 Å². The van der Waals surface area contributed by atoms with Gasteiger partial charge in [-0.2, -0.15) is 0 Å². The third-order valence-corrected chi connectivity index (χ3v) is 3.19. The molecule has 2 nitrogen and oxygen atoms in total. The maximum atomic E-state index is 5.91. The van der Waals surface area contributed by atoms with Crippen LogP contribution in [0.5, 0.6) is 0 Å². The lowest BCUT2D eigenvalue weighted by molar-refractivity contribution is 0.590. The molecule has 0 spiro atoms. The fraction of sp³-hybridized carbons (Fsp3) is 0.583. The van der Waals surface area contributed by atoms with Crippen molar-refractivity contribution in [1.82, 2.24) is 4.98 Å². The van der Waals surface area contributed by atoms with E-state index in [4.69, 9.17) is 11.6 Å². The first-order valence-corrected chi connectivity index (χ1v) is 5.99. The van der Waals surface area contributed by atoms with Gasteiger partial charge in [0.1, 0.15) is 0 Å². The predicted molar refractivity (Wildman–Crippen MR) is 66.6 cm³/mol. The molecule has 0 aliphatic heterocycles. The van der Waals surface area contributed by atoms with E-state index in [9.17, 15) is 0 Å². The minimum absolute atomic E-state index is 0.544. The first kappa shape index (κ1) is 12.3. The van der Waals surface area contributed by atoms with Gasteiger partial charge >= 0.3 is 0 Å². The molecule has 1 aromatic heterocycles. The lowest BCUT2D eigenvalue weighted by Gasteiger charge is -2.29. The highest BCUT2D eigenvalue weighted by Crippen LogP contribution is 2.23. The summed E-state index contributed by atoms with van der Waals surface area (Å²) in [4.78, 5) is 6.45. The minimum Gasteiger partial charge on any atom is -0.370 e. The molecule has 0 fully saturated rings. The Morgan fingerprint density at radius 3 is 2.60 bits per heavy atom. The predicted octanol–water partition coefficient (Wildman–Crippen LogP) is 3.45. The zero-order valence-electron chi connectivity index (χ0n) is 9.70. The Morgan fingerprint density at radius 2 is 2.07 bits per heavy atom. The number of pyridine rings is 1. The summed E-state index contributed by atoms with van der Waals surface area (Å²) in [6.45, 7) is 4.42. The number of halogens is 1. The molecule has 0 amide bonds. The normalized spacial score (nSPS) is 10.7. The average molecular weight is 227 g/mol. The summed E-state index contributed by atoms with van der Waals surface area (Å²) in [7, 11) is 2.12. The van der Waals surface area contributed by atoms with Gasteiger partial charge in [-0.1, -0.05) is 13.8 Å². The molecule has 0 radical (unpaired) electrons. The summed E-state index contributed by atoms with van der Waals surface area (Å²) < 4.78 is 0. The molecule has 0 saturated heterocycles. The first-order chi connectivity index (χ1) is 7.24. The molecular weight excluding hydrogens is 208 g/mol. The largest absolute Gasteiger partial charge is 0.370 e. The molecule has 15 heavy (non-hydrogen) atoms. The van der Waals surface area contributed by atoms with Crippen LogP contribution in [-0.4, -0.2) is 18.1 Å². The van der Waals surface area contributed by atoms with Gasteiger partial charge in [-0.25, -0.2) is 0 Å². The molecule has 1 rings (SSSR count). The van der Waals surface area contributed by atoms with Crippen molar-refractivity contribution >= 4 is 17.3 Å². The van der Waals surface area contributed by atoms with Gasteiger partial charge < -0.3 is 4.90 Å². The molecule has 1 aromatic rings. The third-order valence-electron chi connectivity index (χ3n) is 2.90. The van der Waals surface area contributed by atoms with Gasteiger partial charge in [0, 0.05) is 25.2 Å². The van der Waals surface area contributed by atoms with E-state index >= 15 is 0 Å². The molecule has 0 bridgehead atoms. The molecule has 0 aromatic carbocycles. The fourth-order valence-electron chi connectivity index (χ4n) is 1.88. The monoisotopic (exact) mass is 226 g/mol. The van der Waals surface area contributed by atoms with Crippen LogP contribution in [0.1, 0.15) is 32.3 Å². The number of hydrogen-bond donors (Lipinski definition) is 0. The maximum absolute atomic E-state index is 5.91. The van der Waals surface area contributed by atoms with Crippen molar-refractivity contribution in [2.45, 2.75) is 38.6 Å². The van der Waals surface area contributed by atoms with Crippen LogP contribution in [0.25, 0.3) is 0 Å². The standard InChI is InChI=1S/C12H19ClN2/c1-4-11(5-2)15(3)12-9-14-7-6-10(12)8-13/h6-7,9,11H,4-5,8H2,1-3H3. The molecule has 0 N–H and O–H groups in total. The Balaban J connectivity index is 2.93. The molecular formula is C12H19ClN2. The second-order valence-corrected chi connectivity index (χ2v) is 3.99. The van der Waals surface area contributed by atoms with Gasteiger partial charge in [0.05, 0.1) is 11.9 Å². The van der Waals surface area contributed by atoms with Crippen molar-refractivity contribution in [3.8, 4) is 0 Å². The summed E-state index contributed by atoms with van der Waals surface area (Å²) >= 11 is 5.91. The highest BCUT2D eigenvalue weighted by atomic mass is 35.5. The van der Waals surface area contributed by atoms with Crippen LogP contribution < -0.4 is 4.90 Å². The zero-order chi connectivity index (χ0) is 11.3. The Labute approximate surface area is 97.3 Å². The van der Waals surface area contributed by atoms with Crippen molar-refractivity contribution in [3.63, 3.8) is 0 Å². The summed E-state index contributed by atoms with van der Waals surface area (Å²) in [6.07, 6.45) is 5.98. The van der Waals surface area contributed by atoms with Crippen molar-refractivity contribution in [2.24, 2.45) is 0 Å². The van der Waals surface area contributed by atoms with Crippen molar-refractivity contribution in [3.05, 3.63) is 24.0 Å². The Kier molecular flexibility index (Phi) is 4.89. The van der Waals surface area contributed by atoms with Crippen LogP contribution in [0.2, 0.25) is 0 Å². The number of anilines is 1. The SMILES string of the molecule is CCC(CC)N(C)c1cnccc1CCl. The van der Waals surface area contributed by atoms with Gasteiger partial charge in [0.2, 0.25) is 0 Å². The van der Waals surface area contributed by atoms with Gasteiger partial charge in [-0.05, 0) is 24.5 Å².